The van der Waals surface area contributed by atoms with Gasteiger partial charge >= 0.3 is 0 Å². The number of methoxy groups -OCH3 is 1. The van der Waals surface area contributed by atoms with E-state index in [0.717, 1.165) is 47.8 Å². The van der Waals surface area contributed by atoms with Crippen LogP contribution in [0.15, 0.2) is 48.8 Å². The Balaban J connectivity index is 1.49. The minimum atomic E-state index is -0.309. The van der Waals surface area contributed by atoms with Crippen molar-refractivity contribution in [2.24, 2.45) is 5.92 Å². The molecule has 1 aliphatic rings. The molecule has 34 heavy (non-hydrogen) atoms. The maximum Gasteiger partial charge on any atom is 0.231 e. The fourth-order valence-corrected chi connectivity index (χ4v) is 4.06. The van der Waals surface area contributed by atoms with E-state index in [-0.39, 0.29) is 11.8 Å². The number of aromatic amines is 1. The van der Waals surface area contributed by atoms with E-state index in [4.69, 9.17) is 14.2 Å². The van der Waals surface area contributed by atoms with Crippen LogP contribution in [0.5, 0.6) is 17.2 Å². The number of benzene rings is 2. The highest BCUT2D eigenvalue weighted by Gasteiger charge is 2.27. The summed E-state index contributed by atoms with van der Waals surface area (Å²) < 4.78 is 17.3. The molecule has 1 unspecified atom stereocenters. The van der Waals surface area contributed by atoms with Gasteiger partial charge in [-0.2, -0.15) is 5.10 Å². The van der Waals surface area contributed by atoms with Gasteiger partial charge in [0.15, 0.2) is 0 Å². The zero-order valence-corrected chi connectivity index (χ0v) is 20.0. The number of aromatic nitrogens is 2. The Hall–Kier alpha value is -3.52. The highest BCUT2D eigenvalue weighted by molar-refractivity contribution is 5.95. The van der Waals surface area contributed by atoms with Crippen molar-refractivity contribution in [3.05, 3.63) is 54.4 Å². The summed E-state index contributed by atoms with van der Waals surface area (Å²) in [6.45, 7) is 7.86. The first kappa shape index (κ1) is 23.6. The number of nitrogens with zero attached hydrogens (tertiary/aromatic N) is 2. The molecule has 8 nitrogen and oxygen atoms in total. The molecule has 0 fully saturated rings. The number of rotatable bonds is 10. The average Bonchev–Trinajstić information content (AvgIpc) is 3.42. The monoisotopic (exact) mass is 464 g/mol. The second kappa shape index (κ2) is 11.1. The molecule has 3 aromatic rings. The van der Waals surface area contributed by atoms with Crippen LogP contribution >= 0.6 is 0 Å². The number of H-pyrrole nitrogens is 1. The van der Waals surface area contributed by atoms with Crippen LogP contribution in [0.1, 0.15) is 19.4 Å². The van der Waals surface area contributed by atoms with Crippen molar-refractivity contribution in [1.82, 2.24) is 15.1 Å². The molecular weight excluding hydrogens is 432 g/mol. The molecule has 2 N–H and O–H groups in total. The third-order valence-electron chi connectivity index (χ3n) is 6.18. The molecule has 0 spiro atoms. The minimum absolute atomic E-state index is 0.0990. The lowest BCUT2D eigenvalue weighted by atomic mass is 9.95. The Labute approximate surface area is 200 Å². The Morgan fingerprint density at radius 2 is 2.06 bits per heavy atom. The molecule has 1 amide bonds. The second-order valence-corrected chi connectivity index (χ2v) is 8.25. The number of hydrogen-bond acceptors (Lipinski definition) is 6. The molecule has 0 aliphatic carbocycles. The van der Waals surface area contributed by atoms with E-state index in [1.165, 1.54) is 0 Å². The van der Waals surface area contributed by atoms with Gasteiger partial charge in [-0.25, -0.2) is 0 Å². The summed E-state index contributed by atoms with van der Waals surface area (Å²) in [5, 5.41) is 9.94. The maximum atomic E-state index is 13.2. The number of fused-ring (bicyclic) bond motifs is 1. The van der Waals surface area contributed by atoms with Gasteiger partial charge < -0.3 is 24.4 Å². The molecule has 8 heteroatoms. The van der Waals surface area contributed by atoms with Gasteiger partial charge in [0.1, 0.15) is 30.5 Å². The smallest absolute Gasteiger partial charge is 0.231 e. The molecular formula is C26H32N4O4. The fraction of sp³-hybridized carbons (Fsp3) is 0.385. The van der Waals surface area contributed by atoms with E-state index in [1.807, 2.05) is 42.6 Å². The van der Waals surface area contributed by atoms with Crippen molar-refractivity contribution in [3.63, 3.8) is 0 Å². The van der Waals surface area contributed by atoms with Crippen molar-refractivity contribution >= 4 is 11.6 Å². The van der Waals surface area contributed by atoms with E-state index in [2.05, 4.69) is 34.3 Å². The lowest BCUT2D eigenvalue weighted by Crippen LogP contribution is -2.33. The van der Waals surface area contributed by atoms with Gasteiger partial charge in [-0.15, -0.1) is 0 Å². The van der Waals surface area contributed by atoms with Gasteiger partial charge in [-0.05, 0) is 61.0 Å². The number of nitrogens with one attached hydrogen (secondary N) is 2. The van der Waals surface area contributed by atoms with Gasteiger partial charge in [0, 0.05) is 18.3 Å². The summed E-state index contributed by atoms with van der Waals surface area (Å²) in [5.41, 5.74) is 3.54. The van der Waals surface area contributed by atoms with E-state index in [0.29, 0.717) is 31.1 Å². The summed E-state index contributed by atoms with van der Waals surface area (Å²) in [5.74, 6) is 1.78. The van der Waals surface area contributed by atoms with Crippen molar-refractivity contribution in [3.8, 4) is 28.4 Å². The predicted octanol–water partition coefficient (Wildman–Crippen LogP) is 4.00. The molecule has 1 aromatic heterocycles. The Bertz CT molecular complexity index is 1100. The number of carbonyl (C=O) groups excluding carboxylic acids is 1. The standard InChI is InChI=1S/C26H32N4O4/c1-4-30(5-2)10-11-33-25-14-18(21-15-27-28-16-21)6-8-23(25)29-26(31)20-12-19-13-22(32-3)7-9-24(19)34-17-20/h6-9,13-16,20H,4-5,10-12,17H2,1-3H3,(H,27,28)(H,29,31). The van der Waals surface area contributed by atoms with Crippen molar-refractivity contribution in [1.29, 1.82) is 0 Å². The van der Waals surface area contributed by atoms with E-state index < -0.39 is 0 Å². The molecule has 1 aliphatic heterocycles. The fourth-order valence-electron chi connectivity index (χ4n) is 4.06. The summed E-state index contributed by atoms with van der Waals surface area (Å²) in [6, 6.07) is 11.5. The van der Waals surface area contributed by atoms with E-state index >= 15 is 0 Å². The van der Waals surface area contributed by atoms with Crippen LogP contribution in [0.2, 0.25) is 0 Å². The van der Waals surface area contributed by atoms with Crippen LogP contribution in [0.4, 0.5) is 5.69 Å². The first-order chi connectivity index (χ1) is 16.6. The second-order valence-electron chi connectivity index (χ2n) is 8.25. The number of amides is 1. The van der Waals surface area contributed by atoms with Crippen LogP contribution in [-0.2, 0) is 11.2 Å². The number of likely N-dealkylation sites (N-methyl/N-ethyl adjacent to an activating group) is 1. The Kier molecular flexibility index (Phi) is 7.69. The molecule has 0 saturated heterocycles. The Morgan fingerprint density at radius 1 is 1.21 bits per heavy atom. The van der Waals surface area contributed by atoms with Crippen LogP contribution in [-0.4, -0.2) is 61.0 Å². The molecule has 0 radical (unpaired) electrons. The van der Waals surface area contributed by atoms with Crippen molar-refractivity contribution in [2.45, 2.75) is 20.3 Å². The Morgan fingerprint density at radius 3 is 2.79 bits per heavy atom. The van der Waals surface area contributed by atoms with Crippen molar-refractivity contribution in [2.75, 3.05) is 45.3 Å². The number of anilines is 1. The van der Waals surface area contributed by atoms with Gasteiger partial charge in [-0.3, -0.25) is 9.89 Å². The van der Waals surface area contributed by atoms with Crippen LogP contribution < -0.4 is 19.5 Å². The lowest BCUT2D eigenvalue weighted by molar-refractivity contribution is -0.121. The van der Waals surface area contributed by atoms with Crippen LogP contribution in [0.25, 0.3) is 11.1 Å². The molecule has 180 valence electrons. The zero-order chi connectivity index (χ0) is 23.9. The molecule has 2 aromatic carbocycles. The maximum absolute atomic E-state index is 13.2. The molecule has 4 rings (SSSR count). The summed E-state index contributed by atoms with van der Waals surface area (Å²) in [6.07, 6.45) is 4.18. The highest BCUT2D eigenvalue weighted by atomic mass is 16.5. The molecule has 1 atom stereocenters. The largest absolute Gasteiger partial charge is 0.497 e. The first-order valence-corrected chi connectivity index (χ1v) is 11.7. The molecule has 2 heterocycles. The highest BCUT2D eigenvalue weighted by Crippen LogP contribution is 2.34. The van der Waals surface area contributed by atoms with E-state index in [9.17, 15) is 4.79 Å². The molecule has 0 bridgehead atoms. The first-order valence-electron chi connectivity index (χ1n) is 11.7. The van der Waals surface area contributed by atoms with Gasteiger partial charge in [0.2, 0.25) is 5.91 Å². The van der Waals surface area contributed by atoms with Crippen molar-refractivity contribution < 1.29 is 19.0 Å². The normalized spacial score (nSPS) is 14.9. The minimum Gasteiger partial charge on any atom is -0.497 e. The molecule has 0 saturated carbocycles. The topological polar surface area (TPSA) is 88.7 Å². The quantitative estimate of drug-likeness (QED) is 0.472. The zero-order valence-electron chi connectivity index (χ0n) is 20.0. The van der Waals surface area contributed by atoms with Crippen LogP contribution in [0, 0.1) is 5.92 Å². The van der Waals surface area contributed by atoms with Gasteiger partial charge in [0.05, 0.1) is 24.9 Å². The lowest BCUT2D eigenvalue weighted by Gasteiger charge is -2.25. The average molecular weight is 465 g/mol. The predicted molar refractivity (Wildman–Crippen MR) is 132 cm³/mol. The third-order valence-corrected chi connectivity index (χ3v) is 6.18. The van der Waals surface area contributed by atoms with Gasteiger partial charge in [0.25, 0.3) is 0 Å². The summed E-state index contributed by atoms with van der Waals surface area (Å²) >= 11 is 0. The van der Waals surface area contributed by atoms with Crippen LogP contribution in [0.3, 0.4) is 0 Å². The number of ether oxygens (including phenoxy) is 3. The summed E-state index contributed by atoms with van der Waals surface area (Å²) in [7, 11) is 1.63. The van der Waals surface area contributed by atoms with E-state index in [1.54, 1.807) is 13.3 Å². The summed E-state index contributed by atoms with van der Waals surface area (Å²) in [4.78, 5) is 15.5. The van der Waals surface area contributed by atoms with Gasteiger partial charge in [-0.1, -0.05) is 19.9 Å². The number of hydrogen-bond donors (Lipinski definition) is 2. The number of carbonyl (C=O) groups is 1. The third kappa shape index (κ3) is 5.51. The SMILES string of the molecule is CCN(CC)CCOc1cc(-c2cn[nH]c2)ccc1NC(=O)C1COc2ccc(OC)cc2C1.